The summed E-state index contributed by atoms with van der Waals surface area (Å²) in [6, 6.07) is 20.0. The van der Waals surface area contributed by atoms with Gasteiger partial charge in [0.2, 0.25) is 15.9 Å². The summed E-state index contributed by atoms with van der Waals surface area (Å²) < 4.78 is 34.8. The molecule has 1 fully saturated rings. The molecule has 10 heteroatoms. The molecule has 0 aliphatic carbocycles. The Labute approximate surface area is 203 Å². The zero-order valence-corrected chi connectivity index (χ0v) is 19.9. The van der Waals surface area contributed by atoms with Crippen molar-refractivity contribution in [3.8, 4) is 5.75 Å². The molecule has 0 aromatic heterocycles. The Hall–Kier alpha value is -3.76. The van der Waals surface area contributed by atoms with Gasteiger partial charge in [0.25, 0.3) is 5.69 Å². The van der Waals surface area contributed by atoms with Crippen molar-refractivity contribution in [3.63, 3.8) is 0 Å². The first-order chi connectivity index (χ1) is 16.8. The second-order valence-electron chi connectivity index (χ2n) is 8.18. The molecule has 0 radical (unpaired) electrons. The normalized spacial score (nSPS) is 18.2. The number of methoxy groups -OCH3 is 1. The summed E-state index contributed by atoms with van der Waals surface area (Å²) in [7, 11) is -2.61. The minimum Gasteiger partial charge on any atom is -0.496 e. The summed E-state index contributed by atoms with van der Waals surface area (Å²) in [5.41, 5.74) is 1.24. The van der Waals surface area contributed by atoms with E-state index in [0.717, 1.165) is 5.56 Å². The number of amides is 1. The molecule has 3 aromatic rings. The monoisotopic (exact) mass is 495 g/mol. The summed E-state index contributed by atoms with van der Waals surface area (Å²) >= 11 is 0. The van der Waals surface area contributed by atoms with Gasteiger partial charge >= 0.3 is 0 Å². The maximum absolute atomic E-state index is 14.0. The first-order valence-corrected chi connectivity index (χ1v) is 12.5. The molecule has 1 aliphatic rings. The zero-order chi connectivity index (χ0) is 25.0. The van der Waals surface area contributed by atoms with Crippen LogP contribution >= 0.6 is 0 Å². The second kappa shape index (κ2) is 10.2. The minimum absolute atomic E-state index is 0.00674. The molecule has 35 heavy (non-hydrogen) atoms. The Bertz CT molecular complexity index is 1310. The molecule has 0 unspecified atom stereocenters. The molecule has 4 rings (SSSR count). The quantitative estimate of drug-likeness (QED) is 0.375. The number of carbonyl (C=O) groups is 1. The molecule has 0 spiro atoms. The number of ether oxygens (including phenoxy) is 1. The van der Waals surface area contributed by atoms with Gasteiger partial charge in [-0.2, -0.15) is 4.31 Å². The van der Waals surface area contributed by atoms with Crippen LogP contribution in [0.15, 0.2) is 83.8 Å². The summed E-state index contributed by atoms with van der Waals surface area (Å²) in [5.74, 6) is 0.382. The largest absolute Gasteiger partial charge is 0.496 e. The Kier molecular flexibility index (Phi) is 7.13. The smallest absolute Gasteiger partial charge is 0.269 e. The highest BCUT2D eigenvalue weighted by atomic mass is 32.2. The lowest BCUT2D eigenvalue weighted by atomic mass is 9.91. The molecule has 1 aliphatic heterocycles. The van der Waals surface area contributed by atoms with Gasteiger partial charge in [-0.15, -0.1) is 0 Å². The molecule has 9 nitrogen and oxygen atoms in total. The van der Waals surface area contributed by atoms with Crippen molar-refractivity contribution < 1.29 is 22.9 Å². The van der Waals surface area contributed by atoms with Crippen LogP contribution in [0.3, 0.4) is 0 Å². The van der Waals surface area contributed by atoms with Crippen molar-refractivity contribution in [2.24, 2.45) is 0 Å². The van der Waals surface area contributed by atoms with Gasteiger partial charge < -0.3 is 10.1 Å². The summed E-state index contributed by atoms with van der Waals surface area (Å²) in [5, 5.41) is 14.0. The number of sulfonamides is 1. The lowest BCUT2D eigenvalue weighted by molar-refractivity contribution is -0.384. The van der Waals surface area contributed by atoms with Gasteiger partial charge in [-0.25, -0.2) is 8.42 Å². The molecular formula is C25H25N3O6S. The molecule has 3 aromatic carbocycles. The lowest BCUT2D eigenvalue weighted by Crippen LogP contribution is -2.51. The van der Waals surface area contributed by atoms with E-state index in [0.29, 0.717) is 17.7 Å². The molecule has 182 valence electrons. The minimum atomic E-state index is -4.12. The van der Waals surface area contributed by atoms with Crippen LogP contribution in [0.5, 0.6) is 5.75 Å². The van der Waals surface area contributed by atoms with Crippen molar-refractivity contribution in [1.82, 2.24) is 9.62 Å². The molecular weight excluding hydrogens is 470 g/mol. The van der Waals surface area contributed by atoms with E-state index in [2.05, 4.69) is 5.32 Å². The van der Waals surface area contributed by atoms with E-state index in [1.165, 1.54) is 35.7 Å². The van der Waals surface area contributed by atoms with E-state index in [9.17, 15) is 23.3 Å². The molecule has 1 amide bonds. The maximum atomic E-state index is 14.0. The predicted octanol–water partition coefficient (Wildman–Crippen LogP) is 3.81. The number of rotatable bonds is 8. The maximum Gasteiger partial charge on any atom is 0.269 e. The fraction of sp³-hybridized carbons (Fsp3) is 0.240. The van der Waals surface area contributed by atoms with Crippen molar-refractivity contribution >= 4 is 21.6 Å². The SMILES string of the molecule is COc1ccccc1CN([C@H]1CCC(=O)N[C@H]1c1ccccc1)S(=O)(=O)c1ccc([N+](=O)[O-])cc1. The van der Waals surface area contributed by atoms with Gasteiger partial charge in [0.1, 0.15) is 5.75 Å². The van der Waals surface area contributed by atoms with E-state index < -0.39 is 27.0 Å². The molecule has 1 N–H and O–H groups in total. The number of nitrogens with one attached hydrogen (secondary N) is 1. The number of para-hydroxylation sites is 1. The number of nitro groups is 1. The number of piperidine rings is 1. The number of nitrogens with zero attached hydrogens (tertiary/aromatic N) is 2. The molecule has 1 saturated heterocycles. The fourth-order valence-corrected chi connectivity index (χ4v) is 5.96. The van der Waals surface area contributed by atoms with Crippen molar-refractivity contribution in [2.75, 3.05) is 7.11 Å². The predicted molar refractivity (Wildman–Crippen MR) is 129 cm³/mol. The van der Waals surface area contributed by atoms with Gasteiger partial charge in [-0.05, 0) is 30.2 Å². The van der Waals surface area contributed by atoms with Crippen LogP contribution in [-0.2, 0) is 21.4 Å². The highest BCUT2D eigenvalue weighted by Crippen LogP contribution is 2.35. The van der Waals surface area contributed by atoms with Crippen molar-refractivity contribution in [2.45, 2.75) is 36.4 Å². The van der Waals surface area contributed by atoms with Crippen LogP contribution < -0.4 is 10.1 Å². The van der Waals surface area contributed by atoms with Gasteiger partial charge in [0.05, 0.1) is 29.0 Å². The number of benzene rings is 3. The Morgan fingerprint density at radius 3 is 2.34 bits per heavy atom. The highest BCUT2D eigenvalue weighted by Gasteiger charge is 2.40. The van der Waals surface area contributed by atoms with E-state index in [-0.39, 0.29) is 29.5 Å². The van der Waals surface area contributed by atoms with Gasteiger partial charge in [-0.1, -0.05) is 48.5 Å². The highest BCUT2D eigenvalue weighted by molar-refractivity contribution is 7.89. The lowest BCUT2D eigenvalue weighted by Gasteiger charge is -2.39. The molecule has 0 bridgehead atoms. The summed E-state index contributed by atoms with van der Waals surface area (Å²) in [6.07, 6.45) is 0.485. The van der Waals surface area contributed by atoms with E-state index >= 15 is 0 Å². The molecule has 0 saturated carbocycles. The number of hydrogen-bond acceptors (Lipinski definition) is 6. The van der Waals surface area contributed by atoms with Crippen LogP contribution in [0, 0.1) is 10.1 Å². The number of nitro benzene ring substituents is 1. The first-order valence-electron chi connectivity index (χ1n) is 11.0. The number of hydrogen-bond donors (Lipinski definition) is 1. The van der Waals surface area contributed by atoms with Gasteiger partial charge in [0.15, 0.2) is 0 Å². The molecule has 1 heterocycles. The average Bonchev–Trinajstić information content (AvgIpc) is 2.88. The summed E-state index contributed by atoms with van der Waals surface area (Å²) in [4.78, 5) is 22.8. The third kappa shape index (κ3) is 5.18. The zero-order valence-electron chi connectivity index (χ0n) is 19.0. The number of carbonyl (C=O) groups excluding carboxylic acids is 1. The standard InChI is InChI=1S/C25H25N3O6S/c1-34-23-10-6-5-9-19(23)17-27(35(32,33)21-13-11-20(12-14-21)28(30)31)22-15-16-24(29)26-25(22)18-7-3-2-4-8-18/h2-14,22,25H,15-17H2,1H3,(H,26,29)/t22-,25-/m0/s1. The number of non-ortho nitro benzene ring substituents is 1. The summed E-state index contributed by atoms with van der Waals surface area (Å²) in [6.45, 7) is -0.00674. The van der Waals surface area contributed by atoms with E-state index in [1.54, 1.807) is 24.3 Å². The topological polar surface area (TPSA) is 119 Å². The van der Waals surface area contributed by atoms with Crippen molar-refractivity contribution in [1.29, 1.82) is 0 Å². The Balaban J connectivity index is 1.81. The Morgan fingerprint density at radius 1 is 1.03 bits per heavy atom. The first kappa shape index (κ1) is 24.4. The Morgan fingerprint density at radius 2 is 1.69 bits per heavy atom. The van der Waals surface area contributed by atoms with Gasteiger partial charge in [0, 0.05) is 30.7 Å². The van der Waals surface area contributed by atoms with Crippen molar-refractivity contribution in [3.05, 3.63) is 100 Å². The average molecular weight is 496 g/mol. The van der Waals surface area contributed by atoms with E-state index in [1.807, 2.05) is 30.3 Å². The fourth-order valence-electron chi connectivity index (χ4n) is 4.32. The van der Waals surface area contributed by atoms with Crippen LogP contribution in [0.2, 0.25) is 0 Å². The molecule has 2 atom stereocenters. The third-order valence-electron chi connectivity index (χ3n) is 6.07. The van der Waals surface area contributed by atoms with Gasteiger partial charge in [-0.3, -0.25) is 14.9 Å². The van der Waals surface area contributed by atoms with Crippen LogP contribution in [0.4, 0.5) is 5.69 Å². The van der Waals surface area contributed by atoms with Crippen LogP contribution in [-0.4, -0.2) is 36.7 Å². The second-order valence-corrected chi connectivity index (χ2v) is 10.1. The van der Waals surface area contributed by atoms with Crippen LogP contribution in [0.1, 0.15) is 30.0 Å². The third-order valence-corrected chi connectivity index (χ3v) is 7.96. The van der Waals surface area contributed by atoms with Crippen LogP contribution in [0.25, 0.3) is 0 Å². The van der Waals surface area contributed by atoms with E-state index in [4.69, 9.17) is 4.74 Å².